The lowest BCUT2D eigenvalue weighted by Crippen LogP contribution is -2.58. The topological polar surface area (TPSA) is 113 Å². The van der Waals surface area contributed by atoms with Gasteiger partial charge in [0, 0.05) is 13.3 Å². The van der Waals surface area contributed by atoms with E-state index < -0.39 is 41.7 Å². The van der Waals surface area contributed by atoms with E-state index in [9.17, 15) is 20.1 Å². The Bertz CT molecular complexity index is 812. The van der Waals surface area contributed by atoms with E-state index >= 15 is 0 Å². The molecule has 148 valence electrons. The SMILES string of the molecule is CO[C@H]1C(C(=O)OC(C)C)=C(C(=O)OC(C)C)N2C=CC=C[C@@H]2C1(C#N)C#N. The fourth-order valence-corrected chi connectivity index (χ4v) is 3.27. The van der Waals surface area contributed by atoms with Gasteiger partial charge in [-0.25, -0.2) is 9.59 Å². The first-order valence-electron chi connectivity index (χ1n) is 8.88. The first-order valence-corrected chi connectivity index (χ1v) is 8.88. The number of nitrogens with zero attached hydrogens (tertiary/aromatic N) is 3. The van der Waals surface area contributed by atoms with E-state index in [1.54, 1.807) is 45.9 Å². The summed E-state index contributed by atoms with van der Waals surface area (Å²) in [5.74, 6) is -1.60. The molecule has 0 bridgehead atoms. The van der Waals surface area contributed by atoms with Crippen LogP contribution in [0.3, 0.4) is 0 Å². The van der Waals surface area contributed by atoms with Crippen molar-refractivity contribution in [3.05, 3.63) is 35.7 Å². The molecule has 0 saturated heterocycles. The molecule has 0 N–H and O–H groups in total. The molecule has 0 aromatic carbocycles. The monoisotopic (exact) mass is 385 g/mol. The van der Waals surface area contributed by atoms with Gasteiger partial charge in [0.1, 0.15) is 11.8 Å². The average Bonchev–Trinajstić information content (AvgIpc) is 2.64. The molecule has 0 amide bonds. The Kier molecular flexibility index (Phi) is 6.27. The van der Waals surface area contributed by atoms with Gasteiger partial charge in [0.25, 0.3) is 0 Å². The summed E-state index contributed by atoms with van der Waals surface area (Å²) in [5.41, 5.74) is -2.08. The molecule has 28 heavy (non-hydrogen) atoms. The van der Waals surface area contributed by atoms with Gasteiger partial charge in [0.15, 0.2) is 5.41 Å². The van der Waals surface area contributed by atoms with Crippen LogP contribution in [0.25, 0.3) is 0 Å². The second-order valence-electron chi connectivity index (χ2n) is 6.96. The van der Waals surface area contributed by atoms with Gasteiger partial charge in [-0.05, 0) is 33.8 Å². The summed E-state index contributed by atoms with van der Waals surface area (Å²) in [6, 6.07) is 3.15. The van der Waals surface area contributed by atoms with Crippen molar-refractivity contribution in [2.45, 2.75) is 52.0 Å². The van der Waals surface area contributed by atoms with Crippen molar-refractivity contribution < 1.29 is 23.8 Å². The van der Waals surface area contributed by atoms with Crippen LogP contribution in [-0.4, -0.2) is 48.3 Å². The molecule has 2 atom stereocenters. The summed E-state index contributed by atoms with van der Waals surface area (Å²) >= 11 is 0. The summed E-state index contributed by atoms with van der Waals surface area (Å²) in [4.78, 5) is 27.2. The summed E-state index contributed by atoms with van der Waals surface area (Å²) in [6.45, 7) is 6.67. The lowest BCUT2D eigenvalue weighted by Gasteiger charge is -2.46. The summed E-state index contributed by atoms with van der Waals surface area (Å²) in [5, 5.41) is 19.8. The van der Waals surface area contributed by atoms with Crippen LogP contribution in [0.1, 0.15) is 27.7 Å². The molecule has 0 aliphatic carbocycles. The third-order valence-electron chi connectivity index (χ3n) is 4.31. The first kappa shape index (κ1) is 21.2. The van der Waals surface area contributed by atoms with Crippen LogP contribution in [0.4, 0.5) is 0 Å². The minimum Gasteiger partial charge on any atom is -0.459 e. The molecule has 8 nitrogen and oxygen atoms in total. The lowest BCUT2D eigenvalue weighted by molar-refractivity contribution is -0.151. The van der Waals surface area contributed by atoms with Crippen molar-refractivity contribution in [2.24, 2.45) is 5.41 Å². The van der Waals surface area contributed by atoms with Crippen LogP contribution in [0, 0.1) is 28.1 Å². The molecule has 8 heteroatoms. The maximum absolute atomic E-state index is 12.9. The van der Waals surface area contributed by atoms with E-state index in [0.717, 1.165) is 0 Å². The number of carbonyl (C=O) groups is 2. The molecule has 0 saturated carbocycles. The highest BCUT2D eigenvalue weighted by molar-refractivity contribution is 6.02. The normalized spacial score (nSPS) is 22.5. The molecule has 0 radical (unpaired) electrons. The zero-order valence-corrected chi connectivity index (χ0v) is 16.5. The first-order chi connectivity index (χ1) is 13.2. The third-order valence-corrected chi connectivity index (χ3v) is 4.31. The Morgan fingerprint density at radius 2 is 1.64 bits per heavy atom. The van der Waals surface area contributed by atoms with Gasteiger partial charge < -0.3 is 19.1 Å². The predicted molar refractivity (Wildman–Crippen MR) is 97.8 cm³/mol. The van der Waals surface area contributed by atoms with Gasteiger partial charge in [-0.2, -0.15) is 10.5 Å². The highest BCUT2D eigenvalue weighted by Gasteiger charge is 2.58. The van der Waals surface area contributed by atoms with Crippen molar-refractivity contribution in [1.82, 2.24) is 4.90 Å². The number of rotatable bonds is 5. The summed E-state index contributed by atoms with van der Waals surface area (Å²) < 4.78 is 16.1. The highest BCUT2D eigenvalue weighted by Crippen LogP contribution is 2.44. The second kappa shape index (κ2) is 8.28. The van der Waals surface area contributed by atoms with E-state index in [2.05, 4.69) is 0 Å². The lowest BCUT2D eigenvalue weighted by atomic mass is 9.70. The van der Waals surface area contributed by atoms with Crippen molar-refractivity contribution in [1.29, 1.82) is 10.5 Å². The third kappa shape index (κ3) is 3.51. The molecule has 2 rings (SSSR count). The number of esters is 2. The van der Waals surface area contributed by atoms with Crippen LogP contribution >= 0.6 is 0 Å². The number of hydrogen-bond acceptors (Lipinski definition) is 8. The largest absolute Gasteiger partial charge is 0.459 e. The van der Waals surface area contributed by atoms with Crippen LogP contribution in [0.15, 0.2) is 35.7 Å². The van der Waals surface area contributed by atoms with Crippen molar-refractivity contribution in [3.63, 3.8) is 0 Å². The van der Waals surface area contributed by atoms with Crippen LogP contribution in [-0.2, 0) is 23.8 Å². The maximum Gasteiger partial charge on any atom is 0.355 e. The van der Waals surface area contributed by atoms with E-state index in [4.69, 9.17) is 14.2 Å². The zero-order chi connectivity index (χ0) is 21.1. The Hall–Kier alpha value is -3.10. The van der Waals surface area contributed by atoms with Gasteiger partial charge in [-0.15, -0.1) is 0 Å². The van der Waals surface area contributed by atoms with Crippen LogP contribution in [0.2, 0.25) is 0 Å². The molecular weight excluding hydrogens is 362 g/mol. The smallest absolute Gasteiger partial charge is 0.355 e. The minimum absolute atomic E-state index is 0.0991. The van der Waals surface area contributed by atoms with Gasteiger partial charge in [-0.1, -0.05) is 12.2 Å². The summed E-state index contributed by atoms with van der Waals surface area (Å²) in [6.07, 6.45) is 4.22. The second-order valence-corrected chi connectivity index (χ2v) is 6.96. The maximum atomic E-state index is 12.9. The number of allylic oxidation sites excluding steroid dienone is 2. The Labute approximate surface area is 164 Å². The zero-order valence-electron chi connectivity index (χ0n) is 16.5. The number of fused-ring (bicyclic) bond motifs is 1. The number of hydrogen-bond donors (Lipinski definition) is 0. The Morgan fingerprint density at radius 1 is 1.07 bits per heavy atom. The fraction of sp³-hybridized carbons (Fsp3) is 0.500. The van der Waals surface area contributed by atoms with Crippen LogP contribution < -0.4 is 0 Å². The number of nitriles is 2. The van der Waals surface area contributed by atoms with E-state index in [1.807, 2.05) is 12.1 Å². The van der Waals surface area contributed by atoms with Gasteiger partial charge >= 0.3 is 11.9 Å². The molecule has 0 spiro atoms. The minimum atomic E-state index is -1.77. The van der Waals surface area contributed by atoms with E-state index in [-0.39, 0.29) is 11.3 Å². The van der Waals surface area contributed by atoms with Gasteiger partial charge in [0.05, 0.1) is 36.0 Å². The molecule has 2 aliphatic heterocycles. The van der Waals surface area contributed by atoms with Crippen molar-refractivity contribution in [2.75, 3.05) is 7.11 Å². The quantitative estimate of drug-likeness (QED) is 0.660. The molecule has 0 unspecified atom stereocenters. The average molecular weight is 385 g/mol. The van der Waals surface area contributed by atoms with Crippen LogP contribution in [0.5, 0.6) is 0 Å². The number of ether oxygens (including phenoxy) is 3. The Balaban J connectivity index is 2.81. The standard InChI is InChI=1S/C20H23N3O5/c1-12(2)27-18(24)15-16(19(25)28-13(3)4)23-9-7-6-8-14(23)20(10-21,11-22)17(15)26-5/h6-9,12-14,17H,1-5H3/t14-,17+/m1/s1. The predicted octanol–water partition coefficient (Wildman–Crippen LogP) is 1.96. The molecule has 0 fully saturated rings. The highest BCUT2D eigenvalue weighted by atomic mass is 16.6. The van der Waals surface area contributed by atoms with E-state index in [1.165, 1.54) is 18.2 Å². The molecule has 2 heterocycles. The number of carbonyl (C=O) groups excluding carboxylic acids is 2. The number of methoxy groups -OCH3 is 1. The Morgan fingerprint density at radius 3 is 2.14 bits per heavy atom. The van der Waals surface area contributed by atoms with E-state index in [0.29, 0.717) is 0 Å². The summed E-state index contributed by atoms with van der Waals surface area (Å²) in [7, 11) is 1.28. The molecule has 0 aromatic rings. The van der Waals surface area contributed by atoms with Gasteiger partial charge in [0.2, 0.25) is 0 Å². The van der Waals surface area contributed by atoms with Gasteiger partial charge in [-0.3, -0.25) is 0 Å². The molecule has 2 aliphatic rings. The van der Waals surface area contributed by atoms with Crippen molar-refractivity contribution >= 4 is 11.9 Å². The molecular formula is C20H23N3O5. The fourth-order valence-electron chi connectivity index (χ4n) is 3.27. The van der Waals surface area contributed by atoms with Crippen molar-refractivity contribution in [3.8, 4) is 12.1 Å². The molecule has 0 aromatic heterocycles.